The van der Waals surface area contributed by atoms with Crippen molar-refractivity contribution in [2.24, 2.45) is 11.7 Å². The van der Waals surface area contributed by atoms with Gasteiger partial charge in [-0.15, -0.1) is 0 Å². The van der Waals surface area contributed by atoms with E-state index in [1.807, 2.05) is 0 Å². The van der Waals surface area contributed by atoms with E-state index in [1.54, 1.807) is 0 Å². The van der Waals surface area contributed by atoms with Crippen LogP contribution in [-0.4, -0.2) is 30.0 Å². The maximum absolute atomic E-state index is 12.3. The summed E-state index contributed by atoms with van der Waals surface area (Å²) in [5, 5.41) is 13.9. The number of H-pyrrole nitrogens is 1. The van der Waals surface area contributed by atoms with Gasteiger partial charge in [-0.2, -0.15) is 9.82 Å². The van der Waals surface area contributed by atoms with E-state index >= 15 is 0 Å². The Balaban J connectivity index is 2.21. The van der Waals surface area contributed by atoms with Crippen molar-refractivity contribution in [3.8, 4) is 0 Å². The quantitative estimate of drug-likeness (QED) is 0.477. The Hall–Kier alpha value is -1.41. The Morgan fingerprint density at radius 3 is 2.70 bits per heavy atom. The molecule has 0 aromatic carbocycles. The summed E-state index contributed by atoms with van der Waals surface area (Å²) in [4.78, 5) is 0.0655. The van der Waals surface area contributed by atoms with E-state index in [-0.39, 0.29) is 10.7 Å². The van der Waals surface area contributed by atoms with Gasteiger partial charge < -0.3 is 5.73 Å². The molecule has 112 valence electrons. The van der Waals surface area contributed by atoms with Crippen molar-refractivity contribution >= 4 is 15.9 Å². The highest BCUT2D eigenvalue weighted by Crippen LogP contribution is 2.34. The number of rotatable bonds is 5. The molecule has 0 atom stereocenters. The maximum atomic E-state index is 12.3. The zero-order chi connectivity index (χ0) is 14.8. The topological polar surface area (TPSA) is 125 Å². The van der Waals surface area contributed by atoms with Crippen molar-refractivity contribution in [3.63, 3.8) is 0 Å². The molecule has 1 fully saturated rings. The summed E-state index contributed by atoms with van der Waals surface area (Å²) in [6.07, 6.45) is 6.52. The van der Waals surface area contributed by atoms with Crippen LogP contribution in [0.3, 0.4) is 0 Å². The van der Waals surface area contributed by atoms with E-state index in [9.17, 15) is 8.42 Å². The molecule has 0 radical (unpaired) electrons. The number of nitrogens with two attached hydrogens (primary N) is 1. The van der Waals surface area contributed by atoms with Crippen LogP contribution in [0.4, 0.5) is 0 Å². The van der Waals surface area contributed by atoms with Crippen molar-refractivity contribution in [2.75, 3.05) is 0 Å². The number of hydrogen-bond donors (Lipinski definition) is 4. The van der Waals surface area contributed by atoms with Crippen LogP contribution >= 0.6 is 0 Å². The number of nitrogens with one attached hydrogen (secondary N) is 3. The summed E-state index contributed by atoms with van der Waals surface area (Å²) in [7, 11) is -3.71. The predicted octanol–water partition coefficient (Wildman–Crippen LogP) is 0.963. The van der Waals surface area contributed by atoms with E-state index in [0.717, 1.165) is 19.3 Å². The van der Waals surface area contributed by atoms with Gasteiger partial charge in [0.25, 0.3) is 0 Å². The van der Waals surface area contributed by atoms with Gasteiger partial charge in [-0.3, -0.25) is 10.5 Å². The van der Waals surface area contributed by atoms with Crippen molar-refractivity contribution < 1.29 is 8.42 Å². The number of aromatic amines is 1. The van der Waals surface area contributed by atoms with E-state index < -0.39 is 15.6 Å². The molecule has 1 aromatic rings. The third kappa shape index (κ3) is 2.85. The van der Waals surface area contributed by atoms with Gasteiger partial charge in [-0.05, 0) is 31.6 Å². The van der Waals surface area contributed by atoms with Crippen LogP contribution in [0.2, 0.25) is 0 Å². The Bertz CT molecular complexity index is 559. The third-order valence-corrected chi connectivity index (χ3v) is 5.67. The summed E-state index contributed by atoms with van der Waals surface area (Å²) in [6.45, 7) is 2.13. The smallest absolute Gasteiger partial charge is 0.244 e. The number of sulfonamides is 1. The first kappa shape index (κ1) is 15.0. The van der Waals surface area contributed by atoms with Crippen LogP contribution in [0.1, 0.15) is 39.0 Å². The van der Waals surface area contributed by atoms with E-state index in [4.69, 9.17) is 11.1 Å². The first-order valence-electron chi connectivity index (χ1n) is 6.77. The lowest BCUT2D eigenvalue weighted by atomic mass is 9.75. The molecule has 8 heteroatoms. The molecule has 1 aromatic heterocycles. The second-order valence-electron chi connectivity index (χ2n) is 5.39. The van der Waals surface area contributed by atoms with Crippen molar-refractivity contribution in [1.29, 1.82) is 5.41 Å². The van der Waals surface area contributed by atoms with Gasteiger partial charge in [0.1, 0.15) is 10.7 Å². The van der Waals surface area contributed by atoms with E-state index in [1.165, 1.54) is 12.4 Å². The Kier molecular flexibility index (Phi) is 4.14. The molecule has 1 heterocycles. The lowest BCUT2D eigenvalue weighted by molar-refractivity contribution is 0.266. The van der Waals surface area contributed by atoms with Gasteiger partial charge in [0.2, 0.25) is 10.0 Å². The second-order valence-corrected chi connectivity index (χ2v) is 7.07. The van der Waals surface area contributed by atoms with E-state index in [2.05, 4.69) is 21.8 Å². The average Bonchev–Trinajstić information content (AvgIpc) is 2.93. The molecule has 0 aliphatic heterocycles. The fraction of sp³-hybridized carbons (Fsp3) is 0.667. The summed E-state index contributed by atoms with van der Waals surface area (Å²) in [5.41, 5.74) is 4.73. The molecule has 2 rings (SSSR count). The van der Waals surface area contributed by atoms with Crippen molar-refractivity contribution in [3.05, 3.63) is 12.4 Å². The number of amidine groups is 1. The summed E-state index contributed by atoms with van der Waals surface area (Å²) in [6, 6.07) is 0. The van der Waals surface area contributed by atoms with Gasteiger partial charge in [0.15, 0.2) is 0 Å². The lowest BCUT2D eigenvalue weighted by Crippen LogP contribution is -2.58. The fourth-order valence-electron chi connectivity index (χ4n) is 2.71. The monoisotopic (exact) mass is 299 g/mol. The van der Waals surface area contributed by atoms with Gasteiger partial charge in [-0.1, -0.05) is 13.3 Å². The van der Waals surface area contributed by atoms with Gasteiger partial charge in [0.05, 0.1) is 11.7 Å². The minimum absolute atomic E-state index is 0.0655. The number of nitrogens with zero attached hydrogens (tertiary/aromatic N) is 1. The summed E-state index contributed by atoms with van der Waals surface area (Å²) in [5.74, 6) is 0.472. The van der Waals surface area contributed by atoms with Crippen LogP contribution in [0.5, 0.6) is 0 Å². The van der Waals surface area contributed by atoms with Crippen LogP contribution in [0.15, 0.2) is 17.3 Å². The molecule has 0 spiro atoms. The predicted molar refractivity (Wildman–Crippen MR) is 75.8 cm³/mol. The van der Waals surface area contributed by atoms with Gasteiger partial charge in [0, 0.05) is 6.20 Å². The average molecular weight is 299 g/mol. The Morgan fingerprint density at radius 1 is 1.60 bits per heavy atom. The minimum atomic E-state index is -3.71. The molecule has 1 aliphatic rings. The molecule has 0 bridgehead atoms. The lowest BCUT2D eigenvalue weighted by Gasteiger charge is -2.39. The second kappa shape index (κ2) is 5.53. The summed E-state index contributed by atoms with van der Waals surface area (Å²) >= 11 is 0. The molecule has 1 aliphatic carbocycles. The Labute approximate surface area is 118 Å². The van der Waals surface area contributed by atoms with Crippen molar-refractivity contribution in [2.45, 2.75) is 49.5 Å². The third-order valence-electron chi connectivity index (χ3n) is 4.16. The fourth-order valence-corrected chi connectivity index (χ4v) is 4.05. The van der Waals surface area contributed by atoms with Crippen LogP contribution in [0, 0.1) is 11.3 Å². The highest BCUT2D eigenvalue weighted by atomic mass is 32.2. The molecule has 0 amide bonds. The standard InChI is InChI=1S/C12H21N5O2S/c1-2-9-3-5-12(6-4-9,11(13)14)17-20(18,19)10-7-15-16-8-10/h7-9,17H,2-6H2,1H3,(H3,13,14)(H,15,16). The largest absolute Gasteiger partial charge is 0.386 e. The highest BCUT2D eigenvalue weighted by molar-refractivity contribution is 7.89. The van der Waals surface area contributed by atoms with Gasteiger partial charge >= 0.3 is 0 Å². The molecule has 7 nitrogen and oxygen atoms in total. The van der Waals surface area contributed by atoms with Crippen LogP contribution in [-0.2, 0) is 10.0 Å². The first-order valence-corrected chi connectivity index (χ1v) is 8.25. The molecular formula is C12H21N5O2S. The molecule has 0 unspecified atom stereocenters. The molecular weight excluding hydrogens is 278 g/mol. The first-order chi connectivity index (χ1) is 9.39. The maximum Gasteiger partial charge on any atom is 0.244 e. The van der Waals surface area contributed by atoms with Gasteiger partial charge in [-0.25, -0.2) is 8.42 Å². The minimum Gasteiger partial charge on any atom is -0.386 e. The zero-order valence-corrected chi connectivity index (χ0v) is 12.3. The SMILES string of the molecule is CCC1CCC(NS(=O)(=O)c2cn[nH]c2)(C(=N)N)CC1. The van der Waals surface area contributed by atoms with E-state index in [0.29, 0.717) is 18.8 Å². The zero-order valence-electron chi connectivity index (χ0n) is 11.5. The molecule has 20 heavy (non-hydrogen) atoms. The summed E-state index contributed by atoms with van der Waals surface area (Å²) < 4.78 is 27.2. The number of hydrogen-bond acceptors (Lipinski definition) is 4. The molecule has 5 N–H and O–H groups in total. The normalized spacial score (nSPS) is 27.4. The number of aromatic nitrogens is 2. The van der Waals surface area contributed by atoms with Crippen molar-refractivity contribution in [1.82, 2.24) is 14.9 Å². The van der Waals surface area contributed by atoms with Crippen LogP contribution in [0.25, 0.3) is 0 Å². The highest BCUT2D eigenvalue weighted by Gasteiger charge is 2.41. The molecule has 1 saturated carbocycles. The molecule has 0 saturated heterocycles. The Morgan fingerprint density at radius 2 is 2.25 bits per heavy atom. The van der Waals surface area contributed by atoms with Crippen LogP contribution < -0.4 is 10.5 Å².